The largest absolute Gasteiger partial charge is 0.354 e. The van der Waals surface area contributed by atoms with Crippen molar-refractivity contribution >= 4 is 17.7 Å². The molecule has 16 heavy (non-hydrogen) atoms. The van der Waals surface area contributed by atoms with Crippen LogP contribution >= 0.6 is 11.8 Å². The molecule has 5 heteroatoms. The van der Waals surface area contributed by atoms with E-state index in [9.17, 15) is 4.39 Å². The molecule has 1 N–H and O–H groups in total. The molecule has 0 bridgehead atoms. The third-order valence-electron chi connectivity index (χ3n) is 2.28. The van der Waals surface area contributed by atoms with Gasteiger partial charge in [-0.2, -0.15) is 0 Å². The lowest BCUT2D eigenvalue weighted by Crippen LogP contribution is -2.08. The number of aromatic nitrogens is 2. The quantitative estimate of drug-likeness (QED) is 0.636. The van der Waals surface area contributed by atoms with Crippen molar-refractivity contribution in [2.45, 2.75) is 38.0 Å². The van der Waals surface area contributed by atoms with Gasteiger partial charge in [-0.05, 0) is 12.8 Å². The fraction of sp³-hybridized carbons (Fsp3) is 0.636. The molecule has 1 rings (SSSR count). The Kier molecular flexibility index (Phi) is 4.99. The van der Waals surface area contributed by atoms with Gasteiger partial charge in [0.2, 0.25) is 5.95 Å². The molecular formula is C11H18FN3S. The Bertz CT molecular complexity index is 344. The summed E-state index contributed by atoms with van der Waals surface area (Å²) >= 11 is 1.45. The molecule has 0 fully saturated rings. The fourth-order valence-corrected chi connectivity index (χ4v) is 1.92. The molecule has 0 saturated heterocycles. The highest BCUT2D eigenvalue weighted by Crippen LogP contribution is 2.28. The van der Waals surface area contributed by atoms with Gasteiger partial charge in [0, 0.05) is 11.8 Å². The number of rotatable bonds is 5. The van der Waals surface area contributed by atoms with Gasteiger partial charge in [0.05, 0.1) is 6.20 Å². The van der Waals surface area contributed by atoms with Crippen molar-refractivity contribution in [2.24, 2.45) is 5.92 Å². The maximum absolute atomic E-state index is 13.5. The average molecular weight is 243 g/mol. The minimum atomic E-state index is -0.348. The van der Waals surface area contributed by atoms with E-state index >= 15 is 0 Å². The van der Waals surface area contributed by atoms with Crippen molar-refractivity contribution in [1.82, 2.24) is 9.97 Å². The molecule has 0 radical (unpaired) electrons. The minimum Gasteiger partial charge on any atom is -0.354 e. The Morgan fingerprint density at radius 1 is 1.44 bits per heavy atom. The van der Waals surface area contributed by atoms with Gasteiger partial charge in [-0.1, -0.05) is 32.5 Å². The Morgan fingerprint density at radius 2 is 2.12 bits per heavy atom. The maximum atomic E-state index is 13.5. The Morgan fingerprint density at radius 3 is 2.69 bits per heavy atom. The molecule has 3 nitrogen and oxygen atoms in total. The Hall–Kier alpha value is -0.840. The summed E-state index contributed by atoms with van der Waals surface area (Å²) in [5.41, 5.74) is 0. The predicted molar refractivity (Wildman–Crippen MR) is 66.3 cm³/mol. The first kappa shape index (κ1) is 13.2. The molecule has 0 aliphatic rings. The molecule has 0 aliphatic heterocycles. The summed E-state index contributed by atoms with van der Waals surface area (Å²) in [5.74, 6) is 0.628. The first-order chi connectivity index (χ1) is 7.54. The monoisotopic (exact) mass is 243 g/mol. The molecule has 0 saturated carbocycles. The number of anilines is 1. The van der Waals surface area contributed by atoms with Gasteiger partial charge in [-0.15, -0.1) is 0 Å². The number of hydrogen-bond donors (Lipinski definition) is 1. The topological polar surface area (TPSA) is 37.8 Å². The summed E-state index contributed by atoms with van der Waals surface area (Å²) in [7, 11) is 0. The SMILES string of the molecule is CCNc1ncc(F)c(SC(C)C(C)C)n1. The summed E-state index contributed by atoms with van der Waals surface area (Å²) in [5, 5.41) is 3.73. The van der Waals surface area contributed by atoms with Crippen molar-refractivity contribution < 1.29 is 4.39 Å². The van der Waals surface area contributed by atoms with E-state index in [0.29, 0.717) is 22.1 Å². The summed E-state index contributed by atoms with van der Waals surface area (Å²) in [6.07, 6.45) is 1.22. The molecule has 0 aliphatic carbocycles. The highest BCUT2D eigenvalue weighted by atomic mass is 32.2. The van der Waals surface area contributed by atoms with Crippen LogP contribution in [0, 0.1) is 11.7 Å². The van der Waals surface area contributed by atoms with Crippen molar-refractivity contribution in [1.29, 1.82) is 0 Å². The Balaban J connectivity index is 2.81. The van der Waals surface area contributed by atoms with Gasteiger partial charge in [0.25, 0.3) is 0 Å². The standard InChI is InChI=1S/C11H18FN3S/c1-5-13-11-14-6-9(12)10(15-11)16-8(4)7(2)3/h6-8H,5H2,1-4H3,(H,13,14,15). The zero-order chi connectivity index (χ0) is 12.1. The second-order valence-corrected chi connectivity index (χ2v) is 5.31. The smallest absolute Gasteiger partial charge is 0.223 e. The van der Waals surface area contributed by atoms with Gasteiger partial charge < -0.3 is 5.32 Å². The second kappa shape index (κ2) is 6.03. The summed E-state index contributed by atoms with van der Waals surface area (Å²) in [6, 6.07) is 0. The summed E-state index contributed by atoms with van der Waals surface area (Å²) in [6.45, 7) is 8.99. The normalized spacial score (nSPS) is 12.9. The first-order valence-electron chi connectivity index (χ1n) is 5.47. The van der Waals surface area contributed by atoms with Gasteiger partial charge in [0.1, 0.15) is 5.03 Å². The van der Waals surface area contributed by atoms with Gasteiger partial charge in [-0.25, -0.2) is 14.4 Å². The van der Waals surface area contributed by atoms with E-state index in [1.54, 1.807) is 0 Å². The van der Waals surface area contributed by atoms with Crippen LogP contribution < -0.4 is 5.32 Å². The third kappa shape index (κ3) is 3.63. The van der Waals surface area contributed by atoms with Crippen LogP contribution in [0.3, 0.4) is 0 Å². The lowest BCUT2D eigenvalue weighted by atomic mass is 10.2. The zero-order valence-electron chi connectivity index (χ0n) is 10.1. The maximum Gasteiger partial charge on any atom is 0.223 e. The van der Waals surface area contributed by atoms with Crippen LogP contribution in [0.5, 0.6) is 0 Å². The second-order valence-electron chi connectivity index (χ2n) is 3.94. The molecule has 90 valence electrons. The van der Waals surface area contributed by atoms with Crippen molar-refractivity contribution in [3.8, 4) is 0 Å². The Labute approximate surface area is 100 Å². The van der Waals surface area contributed by atoms with Crippen LogP contribution in [-0.2, 0) is 0 Å². The highest BCUT2D eigenvalue weighted by molar-refractivity contribution is 7.99. The van der Waals surface area contributed by atoms with Crippen molar-refractivity contribution in [3.05, 3.63) is 12.0 Å². The number of thioether (sulfide) groups is 1. The zero-order valence-corrected chi connectivity index (χ0v) is 10.9. The number of hydrogen-bond acceptors (Lipinski definition) is 4. The average Bonchev–Trinajstić information content (AvgIpc) is 2.23. The lowest BCUT2D eigenvalue weighted by Gasteiger charge is -2.14. The first-order valence-corrected chi connectivity index (χ1v) is 6.35. The molecule has 1 atom stereocenters. The van der Waals surface area contributed by atoms with Crippen LogP contribution in [0.1, 0.15) is 27.7 Å². The summed E-state index contributed by atoms with van der Waals surface area (Å²) < 4.78 is 13.5. The van der Waals surface area contributed by atoms with E-state index in [0.717, 1.165) is 6.54 Å². The van der Waals surface area contributed by atoms with Gasteiger partial charge >= 0.3 is 0 Å². The molecule has 1 aromatic heterocycles. The van der Waals surface area contributed by atoms with Crippen LogP contribution in [0.25, 0.3) is 0 Å². The lowest BCUT2D eigenvalue weighted by molar-refractivity contribution is 0.576. The van der Waals surface area contributed by atoms with Crippen LogP contribution in [0.2, 0.25) is 0 Å². The van der Waals surface area contributed by atoms with E-state index in [2.05, 4.69) is 36.1 Å². The predicted octanol–water partition coefficient (Wildman–Crippen LogP) is 3.18. The van der Waals surface area contributed by atoms with Crippen molar-refractivity contribution in [3.63, 3.8) is 0 Å². The molecule has 1 unspecified atom stereocenters. The molecular weight excluding hydrogens is 225 g/mol. The van der Waals surface area contributed by atoms with Crippen LogP contribution in [0.4, 0.5) is 10.3 Å². The molecule has 0 amide bonds. The highest BCUT2D eigenvalue weighted by Gasteiger charge is 2.14. The van der Waals surface area contributed by atoms with E-state index in [1.807, 2.05) is 6.92 Å². The van der Waals surface area contributed by atoms with Crippen molar-refractivity contribution in [2.75, 3.05) is 11.9 Å². The van der Waals surface area contributed by atoms with E-state index < -0.39 is 0 Å². The van der Waals surface area contributed by atoms with Crippen LogP contribution in [-0.4, -0.2) is 21.8 Å². The van der Waals surface area contributed by atoms with E-state index in [4.69, 9.17) is 0 Å². The molecule has 1 heterocycles. The van der Waals surface area contributed by atoms with Crippen LogP contribution in [0.15, 0.2) is 11.2 Å². The molecule has 1 aromatic rings. The summed E-state index contributed by atoms with van der Waals surface area (Å²) in [4.78, 5) is 8.02. The van der Waals surface area contributed by atoms with E-state index in [1.165, 1.54) is 18.0 Å². The number of halogens is 1. The van der Waals surface area contributed by atoms with Gasteiger partial charge in [-0.3, -0.25) is 0 Å². The number of nitrogens with zero attached hydrogens (tertiary/aromatic N) is 2. The molecule has 0 spiro atoms. The minimum absolute atomic E-state index is 0.332. The molecule has 0 aromatic carbocycles. The third-order valence-corrected chi connectivity index (χ3v) is 3.71. The fourth-order valence-electron chi connectivity index (χ4n) is 0.990. The van der Waals surface area contributed by atoms with E-state index in [-0.39, 0.29) is 5.82 Å². The van der Waals surface area contributed by atoms with Gasteiger partial charge in [0.15, 0.2) is 5.82 Å². The number of nitrogens with one attached hydrogen (secondary N) is 1.